The smallest absolute Gasteiger partial charge is 0.410 e. The molecule has 9 nitrogen and oxygen atoms in total. The first-order valence-corrected chi connectivity index (χ1v) is 15.9. The molecule has 3 aliphatic heterocycles. The largest absolute Gasteiger partial charge is 0.467 e. The van der Waals surface area contributed by atoms with Crippen molar-refractivity contribution < 1.29 is 18.7 Å². The Morgan fingerprint density at radius 3 is 2.29 bits per heavy atom. The fourth-order valence-corrected chi connectivity index (χ4v) is 6.88. The van der Waals surface area contributed by atoms with Crippen LogP contribution in [0.3, 0.4) is 0 Å². The number of amides is 1. The Labute approximate surface area is 268 Å². The number of rotatable bonds is 3. The Bertz CT molecular complexity index is 1710. The maximum Gasteiger partial charge on any atom is 0.410 e. The molecule has 2 aromatic heterocycles. The van der Waals surface area contributed by atoms with E-state index in [1.165, 1.54) is 33.0 Å². The number of carbonyl (C=O) groups excluding carboxylic acids is 1. The van der Waals surface area contributed by atoms with E-state index < -0.39 is 11.4 Å². The third kappa shape index (κ3) is 6.35. The van der Waals surface area contributed by atoms with E-state index in [1.807, 2.05) is 49.9 Å². The predicted molar refractivity (Wildman–Crippen MR) is 176 cm³/mol. The van der Waals surface area contributed by atoms with Gasteiger partial charge in [0, 0.05) is 35.3 Å². The second kappa shape index (κ2) is 12.6. The number of anilines is 1. The summed E-state index contributed by atoms with van der Waals surface area (Å²) in [6, 6.07) is 11.1. The number of aromatic nitrogens is 3. The highest BCUT2D eigenvalue weighted by molar-refractivity contribution is 6.36. The summed E-state index contributed by atoms with van der Waals surface area (Å²) < 4.78 is 27.3. The molecule has 0 aliphatic carbocycles. The standard InChI is InChI=1S/C29H29ClFN5O3.C5H11N/c1-29(2,3)39-28(37)36-17-11-12-18(36)15-35(14-17)26-20-13-32-24(23(31)25(20)33-27(34-26)38-4)19-9-5-7-16-8-6-10-21(30)22(16)19;1-6-4-2-3-5-6/h5-10,13,17-18H,11-12,14-15H2,1-4H3;2-5H2,1H3. The zero-order valence-corrected chi connectivity index (χ0v) is 27.3. The summed E-state index contributed by atoms with van der Waals surface area (Å²) in [5.41, 5.74) is 0.287. The molecule has 1 amide bonds. The van der Waals surface area contributed by atoms with Crippen molar-refractivity contribution in [1.29, 1.82) is 0 Å². The maximum absolute atomic E-state index is 16.2. The Hall–Kier alpha value is -3.76. The lowest BCUT2D eigenvalue weighted by molar-refractivity contribution is 0.0123. The number of likely N-dealkylation sites (tertiary alicyclic amines) is 1. The van der Waals surface area contributed by atoms with Crippen molar-refractivity contribution in [3.8, 4) is 17.3 Å². The first-order valence-electron chi connectivity index (χ1n) is 15.6. The molecule has 238 valence electrons. The average Bonchev–Trinajstić information content (AvgIpc) is 3.59. The molecular formula is C34H40ClFN6O3. The Balaban J connectivity index is 0.000000535. The normalized spacial score (nSPS) is 20.0. The number of halogens is 2. The zero-order chi connectivity index (χ0) is 31.9. The Morgan fingerprint density at radius 2 is 1.69 bits per heavy atom. The van der Waals surface area contributed by atoms with Gasteiger partial charge in [0.15, 0.2) is 5.82 Å². The van der Waals surface area contributed by atoms with Gasteiger partial charge in [0.05, 0.1) is 24.6 Å². The molecule has 3 fully saturated rings. The van der Waals surface area contributed by atoms with E-state index in [9.17, 15) is 4.79 Å². The van der Waals surface area contributed by atoms with Crippen molar-refractivity contribution in [1.82, 2.24) is 24.8 Å². The third-order valence-corrected chi connectivity index (χ3v) is 8.97. The molecule has 2 atom stereocenters. The van der Waals surface area contributed by atoms with Gasteiger partial charge < -0.3 is 19.3 Å². The predicted octanol–water partition coefficient (Wildman–Crippen LogP) is 6.95. The molecule has 3 saturated heterocycles. The molecule has 7 rings (SSSR count). The van der Waals surface area contributed by atoms with E-state index in [1.54, 1.807) is 18.3 Å². The van der Waals surface area contributed by atoms with Crippen LogP contribution in [0, 0.1) is 5.82 Å². The first kappa shape index (κ1) is 31.2. The molecule has 11 heteroatoms. The molecule has 3 aliphatic rings. The van der Waals surface area contributed by atoms with Crippen LogP contribution < -0.4 is 9.64 Å². The molecule has 4 aromatic rings. The lowest BCUT2D eigenvalue weighted by atomic mass is 10.0. The first-order chi connectivity index (χ1) is 21.5. The van der Waals surface area contributed by atoms with Crippen molar-refractivity contribution in [3.05, 3.63) is 53.4 Å². The molecule has 5 heterocycles. The van der Waals surface area contributed by atoms with Crippen molar-refractivity contribution >= 4 is 45.2 Å². The fraction of sp³-hybridized carbons (Fsp3) is 0.471. The number of hydrogen-bond donors (Lipinski definition) is 0. The molecule has 2 aromatic carbocycles. The second-order valence-electron chi connectivity index (χ2n) is 13.0. The van der Waals surface area contributed by atoms with Gasteiger partial charge in [-0.25, -0.2) is 9.18 Å². The van der Waals surface area contributed by atoms with E-state index in [0.717, 1.165) is 23.6 Å². The number of pyridine rings is 1. The fourth-order valence-electron chi connectivity index (χ4n) is 6.60. The van der Waals surface area contributed by atoms with Gasteiger partial charge in [-0.2, -0.15) is 9.97 Å². The van der Waals surface area contributed by atoms with Crippen LogP contribution in [0.5, 0.6) is 6.01 Å². The van der Waals surface area contributed by atoms with E-state index in [2.05, 4.69) is 31.8 Å². The van der Waals surface area contributed by atoms with Crippen molar-refractivity contribution in [2.45, 2.75) is 64.1 Å². The average molecular weight is 635 g/mol. The summed E-state index contributed by atoms with van der Waals surface area (Å²) in [4.78, 5) is 32.8. The van der Waals surface area contributed by atoms with E-state index in [0.29, 0.717) is 34.9 Å². The van der Waals surface area contributed by atoms with Gasteiger partial charge in [-0.1, -0.05) is 41.9 Å². The number of piperazine rings is 1. The Kier molecular flexibility index (Phi) is 8.72. The minimum absolute atomic E-state index is 0.0375. The third-order valence-electron chi connectivity index (χ3n) is 8.65. The van der Waals surface area contributed by atoms with Crippen molar-refractivity contribution in [2.24, 2.45) is 0 Å². The van der Waals surface area contributed by atoms with E-state index in [4.69, 9.17) is 21.1 Å². The summed E-state index contributed by atoms with van der Waals surface area (Å²) in [6.45, 7) is 9.31. The summed E-state index contributed by atoms with van der Waals surface area (Å²) in [5, 5.41) is 2.61. The van der Waals surface area contributed by atoms with Crippen LogP contribution in [0.1, 0.15) is 46.5 Å². The van der Waals surface area contributed by atoms with Crippen molar-refractivity contribution in [2.75, 3.05) is 45.2 Å². The van der Waals surface area contributed by atoms with Crippen LogP contribution in [0.25, 0.3) is 32.9 Å². The molecule has 0 N–H and O–H groups in total. The highest BCUT2D eigenvalue weighted by Crippen LogP contribution is 2.39. The lowest BCUT2D eigenvalue weighted by Gasteiger charge is -2.42. The van der Waals surface area contributed by atoms with Gasteiger partial charge in [-0.3, -0.25) is 9.88 Å². The SMILES string of the molecule is CN1CCCC1.COc1nc(N2CC3CCC(C2)N3C(=O)OC(C)(C)C)c2cnc(-c3cccc4cccc(Cl)c34)c(F)c2n1. The van der Waals surface area contributed by atoms with Gasteiger partial charge in [0.2, 0.25) is 0 Å². The second-order valence-corrected chi connectivity index (χ2v) is 13.5. The number of nitrogens with zero attached hydrogens (tertiary/aromatic N) is 6. The number of benzene rings is 2. The maximum atomic E-state index is 16.2. The van der Waals surface area contributed by atoms with Gasteiger partial charge >= 0.3 is 12.1 Å². The molecule has 2 bridgehead atoms. The summed E-state index contributed by atoms with van der Waals surface area (Å²) in [6.07, 6.45) is 5.86. The van der Waals surface area contributed by atoms with Crippen molar-refractivity contribution in [3.63, 3.8) is 0 Å². The topological polar surface area (TPSA) is 83.9 Å². The summed E-state index contributed by atoms with van der Waals surface area (Å²) >= 11 is 6.52. The summed E-state index contributed by atoms with van der Waals surface area (Å²) in [5.74, 6) is -0.0382. The molecule has 0 saturated carbocycles. The quantitative estimate of drug-likeness (QED) is 0.240. The van der Waals surface area contributed by atoms with Gasteiger partial charge in [0.1, 0.15) is 22.6 Å². The number of ether oxygens (including phenoxy) is 2. The van der Waals surface area contributed by atoms with Gasteiger partial charge in [-0.05, 0) is 78.0 Å². The molecule has 0 spiro atoms. The van der Waals surface area contributed by atoms with Crippen LogP contribution in [0.2, 0.25) is 5.02 Å². The van der Waals surface area contributed by atoms with Gasteiger partial charge in [-0.15, -0.1) is 0 Å². The minimum Gasteiger partial charge on any atom is -0.467 e. The van der Waals surface area contributed by atoms with Crippen LogP contribution in [0.4, 0.5) is 15.0 Å². The lowest BCUT2D eigenvalue weighted by Crippen LogP contribution is -2.57. The highest BCUT2D eigenvalue weighted by Gasteiger charge is 2.45. The molecular weight excluding hydrogens is 595 g/mol. The van der Waals surface area contributed by atoms with Crippen LogP contribution in [0.15, 0.2) is 42.6 Å². The minimum atomic E-state index is -0.572. The monoisotopic (exact) mass is 634 g/mol. The van der Waals surface area contributed by atoms with Crippen LogP contribution in [-0.2, 0) is 4.74 Å². The molecule has 45 heavy (non-hydrogen) atoms. The zero-order valence-electron chi connectivity index (χ0n) is 26.5. The molecule has 0 radical (unpaired) electrons. The number of hydrogen-bond acceptors (Lipinski definition) is 8. The van der Waals surface area contributed by atoms with Crippen LogP contribution in [-0.4, -0.2) is 88.9 Å². The van der Waals surface area contributed by atoms with Crippen LogP contribution >= 0.6 is 11.6 Å². The number of carbonyl (C=O) groups is 1. The number of methoxy groups -OCH3 is 1. The van der Waals surface area contributed by atoms with E-state index in [-0.39, 0.29) is 35.4 Å². The molecule has 2 unspecified atom stereocenters. The summed E-state index contributed by atoms with van der Waals surface area (Å²) in [7, 11) is 3.63. The highest BCUT2D eigenvalue weighted by atomic mass is 35.5. The Morgan fingerprint density at radius 1 is 1.02 bits per heavy atom. The number of fused-ring (bicyclic) bond motifs is 4. The van der Waals surface area contributed by atoms with Gasteiger partial charge in [0.25, 0.3) is 0 Å². The van der Waals surface area contributed by atoms with E-state index >= 15 is 4.39 Å².